The molecular weight excluding hydrogens is 361 g/mol. The number of benzene rings is 1. The van der Waals surface area contributed by atoms with Crippen LogP contribution in [0.2, 0.25) is 0 Å². The molecule has 0 aliphatic carbocycles. The molecule has 0 radical (unpaired) electrons. The molecule has 2 rings (SSSR count). The SMILES string of the molecule is OC(Cc1ccc(Br)cn1)c1c(F)c(F)c(F)c(F)c1F. The van der Waals surface area contributed by atoms with Gasteiger partial charge in [0, 0.05) is 22.8 Å². The van der Waals surface area contributed by atoms with Crippen molar-refractivity contribution in [2.75, 3.05) is 0 Å². The molecule has 1 heterocycles. The molecule has 0 amide bonds. The van der Waals surface area contributed by atoms with E-state index < -0.39 is 47.2 Å². The quantitative estimate of drug-likeness (QED) is 0.508. The lowest BCUT2D eigenvalue weighted by Gasteiger charge is -2.14. The smallest absolute Gasteiger partial charge is 0.200 e. The minimum atomic E-state index is -2.26. The fourth-order valence-electron chi connectivity index (χ4n) is 1.74. The minimum Gasteiger partial charge on any atom is -0.388 e. The normalized spacial score (nSPS) is 12.5. The predicted molar refractivity (Wildman–Crippen MR) is 66.8 cm³/mol. The van der Waals surface area contributed by atoms with Crippen LogP contribution in [0.3, 0.4) is 0 Å². The van der Waals surface area contributed by atoms with Gasteiger partial charge in [-0.25, -0.2) is 22.0 Å². The van der Waals surface area contributed by atoms with E-state index in [4.69, 9.17) is 0 Å². The highest BCUT2D eigenvalue weighted by atomic mass is 79.9. The summed E-state index contributed by atoms with van der Waals surface area (Å²) in [5.74, 6) is -10.5. The first-order chi connectivity index (χ1) is 9.82. The zero-order valence-electron chi connectivity index (χ0n) is 10.2. The number of aliphatic hydroxyl groups excluding tert-OH is 1. The second-order valence-corrected chi connectivity index (χ2v) is 5.09. The van der Waals surface area contributed by atoms with Crippen LogP contribution in [-0.2, 0) is 6.42 Å². The molecule has 21 heavy (non-hydrogen) atoms. The molecule has 0 bridgehead atoms. The predicted octanol–water partition coefficient (Wildman–Crippen LogP) is 3.82. The van der Waals surface area contributed by atoms with Crippen molar-refractivity contribution in [1.82, 2.24) is 4.98 Å². The van der Waals surface area contributed by atoms with Gasteiger partial charge < -0.3 is 5.11 Å². The Bertz CT molecular complexity index is 648. The average molecular weight is 368 g/mol. The van der Waals surface area contributed by atoms with Crippen LogP contribution in [0, 0.1) is 29.1 Å². The first-order valence-electron chi connectivity index (χ1n) is 5.62. The maximum Gasteiger partial charge on any atom is 0.200 e. The Balaban J connectivity index is 2.39. The van der Waals surface area contributed by atoms with Gasteiger partial charge in [-0.2, -0.15) is 0 Å². The van der Waals surface area contributed by atoms with E-state index in [2.05, 4.69) is 20.9 Å². The third kappa shape index (κ3) is 3.06. The van der Waals surface area contributed by atoms with Crippen LogP contribution in [0.4, 0.5) is 22.0 Å². The number of rotatable bonds is 3. The van der Waals surface area contributed by atoms with Gasteiger partial charge in [0.15, 0.2) is 23.3 Å². The van der Waals surface area contributed by atoms with Crippen molar-refractivity contribution >= 4 is 15.9 Å². The lowest BCUT2D eigenvalue weighted by molar-refractivity contribution is 0.162. The van der Waals surface area contributed by atoms with Gasteiger partial charge in [-0.05, 0) is 28.1 Å². The van der Waals surface area contributed by atoms with E-state index in [1.165, 1.54) is 12.3 Å². The second kappa shape index (κ2) is 6.07. The number of nitrogens with zero attached hydrogens (tertiary/aromatic N) is 1. The lowest BCUT2D eigenvalue weighted by Crippen LogP contribution is -2.13. The second-order valence-electron chi connectivity index (χ2n) is 4.17. The molecule has 2 aromatic rings. The van der Waals surface area contributed by atoms with E-state index in [1.807, 2.05) is 0 Å². The maximum absolute atomic E-state index is 13.5. The number of halogens is 6. The highest BCUT2D eigenvalue weighted by Gasteiger charge is 2.29. The molecule has 0 aliphatic heterocycles. The van der Waals surface area contributed by atoms with Crippen LogP contribution < -0.4 is 0 Å². The van der Waals surface area contributed by atoms with Crippen molar-refractivity contribution in [2.45, 2.75) is 12.5 Å². The number of hydrogen-bond donors (Lipinski definition) is 1. The van der Waals surface area contributed by atoms with Crippen LogP contribution in [0.1, 0.15) is 17.4 Å². The van der Waals surface area contributed by atoms with Gasteiger partial charge in [0.2, 0.25) is 5.82 Å². The number of aromatic nitrogens is 1. The van der Waals surface area contributed by atoms with Crippen molar-refractivity contribution < 1.29 is 27.1 Å². The van der Waals surface area contributed by atoms with Crippen LogP contribution in [0.5, 0.6) is 0 Å². The fourth-order valence-corrected chi connectivity index (χ4v) is 1.98. The van der Waals surface area contributed by atoms with Gasteiger partial charge in [-0.1, -0.05) is 0 Å². The van der Waals surface area contributed by atoms with E-state index >= 15 is 0 Å². The molecular formula is C13H7BrF5NO. The molecule has 0 aliphatic rings. The third-order valence-corrected chi connectivity index (χ3v) is 3.24. The average Bonchev–Trinajstić information content (AvgIpc) is 2.46. The number of aliphatic hydroxyl groups is 1. The van der Waals surface area contributed by atoms with Crippen molar-refractivity contribution in [3.05, 3.63) is 63.1 Å². The van der Waals surface area contributed by atoms with Gasteiger partial charge in [0.25, 0.3) is 0 Å². The third-order valence-electron chi connectivity index (χ3n) is 2.77. The Hall–Kier alpha value is -1.54. The molecule has 1 unspecified atom stereocenters. The molecule has 1 atom stereocenters. The summed E-state index contributed by atoms with van der Waals surface area (Å²) in [5.41, 5.74) is -1.04. The molecule has 0 spiro atoms. The Kier molecular flexibility index (Phi) is 4.58. The summed E-state index contributed by atoms with van der Waals surface area (Å²) in [4.78, 5) is 3.85. The summed E-state index contributed by atoms with van der Waals surface area (Å²) in [6.07, 6.45) is -0.935. The van der Waals surface area contributed by atoms with Crippen LogP contribution in [0.25, 0.3) is 0 Å². The Morgan fingerprint density at radius 3 is 1.95 bits per heavy atom. The lowest BCUT2D eigenvalue weighted by atomic mass is 10.0. The van der Waals surface area contributed by atoms with E-state index in [9.17, 15) is 27.1 Å². The van der Waals surface area contributed by atoms with Crippen molar-refractivity contribution in [2.24, 2.45) is 0 Å². The highest BCUT2D eigenvalue weighted by molar-refractivity contribution is 9.10. The standard InChI is InChI=1S/C13H7BrF5NO/c14-5-1-2-6(20-4-5)3-7(21)8-9(15)11(17)13(19)12(18)10(8)16/h1-2,4,7,21H,3H2. The maximum atomic E-state index is 13.5. The molecule has 2 nitrogen and oxygen atoms in total. The van der Waals surface area contributed by atoms with E-state index in [0.29, 0.717) is 4.47 Å². The van der Waals surface area contributed by atoms with Crippen molar-refractivity contribution in [3.8, 4) is 0 Å². The summed E-state index contributed by atoms with van der Waals surface area (Å²) < 4.78 is 66.7. The van der Waals surface area contributed by atoms with Gasteiger partial charge in [-0.15, -0.1) is 0 Å². The van der Waals surface area contributed by atoms with E-state index in [1.54, 1.807) is 6.07 Å². The van der Waals surface area contributed by atoms with Crippen molar-refractivity contribution in [1.29, 1.82) is 0 Å². The summed E-state index contributed by atoms with van der Waals surface area (Å²) in [6.45, 7) is 0. The van der Waals surface area contributed by atoms with Gasteiger partial charge in [0.1, 0.15) is 0 Å². The Morgan fingerprint density at radius 2 is 1.48 bits per heavy atom. The van der Waals surface area contributed by atoms with Gasteiger partial charge in [0.05, 0.1) is 11.7 Å². The monoisotopic (exact) mass is 367 g/mol. The molecule has 0 saturated carbocycles. The summed E-state index contributed by atoms with van der Waals surface area (Å²) in [5, 5.41) is 9.76. The molecule has 8 heteroatoms. The number of pyridine rings is 1. The van der Waals surface area contributed by atoms with Gasteiger partial charge in [-0.3, -0.25) is 4.98 Å². The number of hydrogen-bond acceptors (Lipinski definition) is 2. The fraction of sp³-hybridized carbons (Fsp3) is 0.154. The topological polar surface area (TPSA) is 33.1 Å². The first kappa shape index (κ1) is 15.8. The van der Waals surface area contributed by atoms with E-state index in [-0.39, 0.29) is 5.69 Å². The molecule has 1 aromatic carbocycles. The summed E-state index contributed by atoms with van der Waals surface area (Å²) in [7, 11) is 0. The minimum absolute atomic E-state index is 0.231. The Labute approximate surface area is 124 Å². The van der Waals surface area contributed by atoms with Crippen molar-refractivity contribution in [3.63, 3.8) is 0 Å². The molecule has 0 fully saturated rings. The van der Waals surface area contributed by atoms with Crippen LogP contribution in [0.15, 0.2) is 22.8 Å². The van der Waals surface area contributed by atoms with Gasteiger partial charge >= 0.3 is 0 Å². The molecule has 1 N–H and O–H groups in total. The van der Waals surface area contributed by atoms with Crippen LogP contribution >= 0.6 is 15.9 Å². The molecule has 0 saturated heterocycles. The van der Waals surface area contributed by atoms with E-state index in [0.717, 1.165) is 0 Å². The zero-order chi connectivity index (χ0) is 15.7. The molecule has 112 valence electrons. The largest absolute Gasteiger partial charge is 0.388 e. The first-order valence-corrected chi connectivity index (χ1v) is 6.42. The van der Waals surface area contributed by atoms with Crippen LogP contribution in [-0.4, -0.2) is 10.1 Å². The highest BCUT2D eigenvalue weighted by Crippen LogP contribution is 2.29. The summed E-state index contributed by atoms with van der Waals surface area (Å²) in [6, 6.07) is 3.01. The summed E-state index contributed by atoms with van der Waals surface area (Å²) >= 11 is 3.12. The zero-order valence-corrected chi connectivity index (χ0v) is 11.8. The Morgan fingerprint density at radius 1 is 0.952 bits per heavy atom. The molecule has 1 aromatic heterocycles.